The summed E-state index contributed by atoms with van der Waals surface area (Å²) in [7, 11) is 0. The van der Waals surface area contributed by atoms with Crippen LogP contribution in [0.15, 0.2) is 84.1 Å². The minimum Gasteiger partial charge on any atom is -0.324 e. The number of para-hydroxylation sites is 1. The van der Waals surface area contributed by atoms with Crippen LogP contribution in [-0.4, -0.2) is 32.4 Å². The van der Waals surface area contributed by atoms with Crippen molar-refractivity contribution >= 4 is 34.4 Å². The van der Waals surface area contributed by atoms with Crippen LogP contribution in [0.2, 0.25) is 0 Å². The maximum Gasteiger partial charge on any atom is 0.276 e. The Kier molecular flexibility index (Phi) is 5.78. The number of anilines is 1. The lowest BCUT2D eigenvalue weighted by atomic mass is 10.0. The predicted octanol–water partition coefficient (Wildman–Crippen LogP) is 4.54. The van der Waals surface area contributed by atoms with E-state index < -0.39 is 5.91 Å². The maximum absolute atomic E-state index is 12.8. The minimum atomic E-state index is -0.416. The summed E-state index contributed by atoms with van der Waals surface area (Å²) in [5.74, 6) is 5.85. The van der Waals surface area contributed by atoms with Crippen molar-refractivity contribution in [1.82, 2.24) is 15.0 Å². The monoisotopic (exact) mass is 445 g/mol. The fraction of sp³-hybridized carbons (Fsp3) is 0.0741. The molecule has 5 rings (SSSR count). The first kappa shape index (κ1) is 21.0. The van der Waals surface area contributed by atoms with Crippen LogP contribution < -0.4 is 5.32 Å². The van der Waals surface area contributed by atoms with Gasteiger partial charge in [-0.15, -0.1) is 0 Å². The van der Waals surface area contributed by atoms with E-state index in [1.54, 1.807) is 36.7 Å². The van der Waals surface area contributed by atoms with E-state index in [9.17, 15) is 9.59 Å². The number of benzene rings is 2. The third-order valence-electron chi connectivity index (χ3n) is 5.25. The van der Waals surface area contributed by atoms with Crippen molar-refractivity contribution in [3.8, 4) is 11.8 Å². The average molecular weight is 445 g/mol. The lowest BCUT2D eigenvalue weighted by Crippen LogP contribution is -2.14. The van der Waals surface area contributed by atoms with Gasteiger partial charge in [-0.05, 0) is 36.4 Å². The average Bonchev–Trinajstić information content (AvgIpc) is 3.52. The number of rotatable bonds is 5. The van der Waals surface area contributed by atoms with Gasteiger partial charge < -0.3 is 4.98 Å². The SMILES string of the molecule is O=C(Nc1nc2c(C(=O)CC3=NC=CC3)cccc2[nH]1)c1ccc(C#Cc2ccccc2)cn1. The number of allylic oxidation sites excluding steroid dienone is 1. The van der Waals surface area contributed by atoms with Crippen LogP contribution in [0.25, 0.3) is 11.0 Å². The summed E-state index contributed by atoms with van der Waals surface area (Å²) in [5.41, 5.74) is 4.32. The minimum absolute atomic E-state index is 0.0636. The highest BCUT2D eigenvalue weighted by atomic mass is 16.2. The molecule has 0 fully saturated rings. The topological polar surface area (TPSA) is 100 Å². The smallest absolute Gasteiger partial charge is 0.276 e. The van der Waals surface area contributed by atoms with Crippen molar-refractivity contribution in [3.63, 3.8) is 0 Å². The molecular weight excluding hydrogens is 426 g/mol. The lowest BCUT2D eigenvalue weighted by Gasteiger charge is -2.02. The molecule has 2 aromatic carbocycles. The van der Waals surface area contributed by atoms with Gasteiger partial charge in [0.05, 0.1) is 5.52 Å². The molecule has 2 N–H and O–H groups in total. The van der Waals surface area contributed by atoms with Crippen molar-refractivity contribution in [2.24, 2.45) is 4.99 Å². The Bertz CT molecular complexity index is 1500. The predicted molar refractivity (Wildman–Crippen MR) is 131 cm³/mol. The number of H-pyrrole nitrogens is 1. The number of nitrogens with zero attached hydrogens (tertiary/aromatic N) is 3. The standard InChI is InChI=1S/C27H19N5O2/c33-24(16-20-8-5-15-28-20)21-9-4-10-22-25(21)31-27(30-22)32-26(34)23-14-13-19(17-29-23)12-11-18-6-2-1-3-7-18/h1-7,9-10,13-15,17H,8,16H2,(H2,30,31,32,34). The Labute approximate surface area is 195 Å². The quantitative estimate of drug-likeness (QED) is 0.348. The normalized spacial score (nSPS) is 12.2. The van der Waals surface area contributed by atoms with Gasteiger partial charge in [0.15, 0.2) is 5.78 Å². The summed E-state index contributed by atoms with van der Waals surface area (Å²) in [5, 5.41) is 2.72. The van der Waals surface area contributed by atoms with Crippen LogP contribution in [0.5, 0.6) is 0 Å². The van der Waals surface area contributed by atoms with Gasteiger partial charge in [-0.1, -0.05) is 42.2 Å². The molecule has 0 atom stereocenters. The Morgan fingerprint density at radius 2 is 1.82 bits per heavy atom. The van der Waals surface area contributed by atoms with E-state index in [0.29, 0.717) is 28.6 Å². The number of amides is 1. The zero-order chi connectivity index (χ0) is 23.3. The van der Waals surface area contributed by atoms with E-state index in [2.05, 4.69) is 37.1 Å². The van der Waals surface area contributed by atoms with Gasteiger partial charge in [-0.25, -0.2) is 9.97 Å². The molecule has 3 heterocycles. The second-order valence-corrected chi connectivity index (χ2v) is 7.67. The van der Waals surface area contributed by atoms with Gasteiger partial charge in [-0.3, -0.25) is 19.9 Å². The number of imidazole rings is 1. The number of aromatic nitrogens is 3. The molecule has 1 aliphatic heterocycles. The summed E-state index contributed by atoms with van der Waals surface area (Å²) in [6.07, 6.45) is 6.11. The van der Waals surface area contributed by atoms with E-state index in [0.717, 1.165) is 11.3 Å². The van der Waals surface area contributed by atoms with Crippen LogP contribution in [-0.2, 0) is 0 Å². The van der Waals surface area contributed by atoms with Crippen molar-refractivity contribution < 1.29 is 9.59 Å². The molecule has 0 bridgehead atoms. The lowest BCUT2D eigenvalue weighted by molar-refractivity contribution is 0.0998. The van der Waals surface area contributed by atoms with E-state index in [1.165, 1.54) is 0 Å². The zero-order valence-corrected chi connectivity index (χ0v) is 18.1. The number of carbonyl (C=O) groups excluding carboxylic acids is 2. The van der Waals surface area contributed by atoms with Crippen LogP contribution >= 0.6 is 0 Å². The van der Waals surface area contributed by atoms with Crippen LogP contribution in [0.1, 0.15) is 44.8 Å². The van der Waals surface area contributed by atoms with Crippen LogP contribution in [0.3, 0.4) is 0 Å². The molecule has 2 aromatic heterocycles. The summed E-state index contributed by atoms with van der Waals surface area (Å²) in [6, 6.07) is 18.3. The molecule has 0 spiro atoms. The van der Waals surface area contributed by atoms with Crippen molar-refractivity contribution in [3.05, 3.63) is 102 Å². The van der Waals surface area contributed by atoms with Crippen molar-refractivity contribution in [2.75, 3.05) is 5.32 Å². The molecule has 0 saturated carbocycles. The van der Waals surface area contributed by atoms with E-state index in [-0.39, 0.29) is 23.8 Å². The molecule has 4 aromatic rings. The van der Waals surface area contributed by atoms with Gasteiger partial charge in [-0.2, -0.15) is 0 Å². The number of aliphatic imine (C=N–C) groups is 1. The Balaban J connectivity index is 1.30. The highest BCUT2D eigenvalue weighted by Crippen LogP contribution is 2.21. The number of aromatic amines is 1. The van der Waals surface area contributed by atoms with Crippen molar-refractivity contribution in [1.29, 1.82) is 0 Å². The van der Waals surface area contributed by atoms with E-state index in [4.69, 9.17) is 0 Å². The molecule has 1 aliphatic rings. The van der Waals surface area contributed by atoms with Gasteiger partial charge in [0.25, 0.3) is 5.91 Å². The van der Waals surface area contributed by atoms with Gasteiger partial charge >= 0.3 is 0 Å². The van der Waals surface area contributed by atoms with E-state index >= 15 is 0 Å². The summed E-state index contributed by atoms with van der Waals surface area (Å²) in [4.78, 5) is 41.4. The summed E-state index contributed by atoms with van der Waals surface area (Å²) >= 11 is 0. The third-order valence-corrected chi connectivity index (χ3v) is 5.25. The Morgan fingerprint density at radius 1 is 0.971 bits per heavy atom. The second-order valence-electron chi connectivity index (χ2n) is 7.67. The molecular formula is C27H19N5O2. The first-order valence-corrected chi connectivity index (χ1v) is 10.7. The van der Waals surface area contributed by atoms with Gasteiger partial charge in [0, 0.05) is 47.6 Å². The first-order valence-electron chi connectivity index (χ1n) is 10.7. The number of ketones is 1. The molecule has 0 unspecified atom stereocenters. The van der Waals surface area contributed by atoms with Gasteiger partial charge in [0.2, 0.25) is 5.95 Å². The number of hydrogen-bond donors (Lipinski definition) is 2. The molecule has 0 aliphatic carbocycles. The first-order chi connectivity index (χ1) is 16.7. The van der Waals surface area contributed by atoms with Crippen molar-refractivity contribution in [2.45, 2.75) is 12.8 Å². The number of carbonyl (C=O) groups is 2. The molecule has 7 nitrogen and oxygen atoms in total. The number of fused-ring (bicyclic) bond motifs is 1. The van der Waals surface area contributed by atoms with Crippen LogP contribution in [0.4, 0.5) is 5.95 Å². The number of pyridine rings is 1. The largest absolute Gasteiger partial charge is 0.324 e. The third kappa shape index (κ3) is 4.66. The highest BCUT2D eigenvalue weighted by molar-refractivity contribution is 6.15. The van der Waals surface area contributed by atoms with E-state index in [1.807, 2.05) is 42.5 Å². The van der Waals surface area contributed by atoms with Gasteiger partial charge in [0.1, 0.15) is 11.2 Å². The molecule has 0 saturated heterocycles. The van der Waals surface area contributed by atoms with Crippen LogP contribution in [0, 0.1) is 11.8 Å². The second kappa shape index (κ2) is 9.35. The number of hydrogen-bond acceptors (Lipinski definition) is 5. The molecule has 1 amide bonds. The highest BCUT2D eigenvalue weighted by Gasteiger charge is 2.17. The fourth-order valence-corrected chi connectivity index (χ4v) is 3.55. The summed E-state index contributed by atoms with van der Waals surface area (Å²) < 4.78 is 0. The fourth-order valence-electron chi connectivity index (χ4n) is 3.55. The molecule has 34 heavy (non-hydrogen) atoms. The Morgan fingerprint density at radius 3 is 2.59 bits per heavy atom. The summed E-state index contributed by atoms with van der Waals surface area (Å²) in [6.45, 7) is 0. The number of nitrogens with one attached hydrogen (secondary N) is 2. The zero-order valence-electron chi connectivity index (χ0n) is 18.1. The molecule has 0 radical (unpaired) electrons. The molecule has 164 valence electrons. The number of Topliss-reactive ketones (excluding diaryl/α,β-unsaturated/α-hetero) is 1. The molecule has 7 heteroatoms. The Hall–Kier alpha value is -4.83. The maximum atomic E-state index is 12.8.